The maximum atomic E-state index is 7.82. The fourth-order valence-electron chi connectivity index (χ4n) is 1.06. The molecule has 2 heterocycles. The lowest BCUT2D eigenvalue weighted by atomic mass is 10.4. The fourth-order valence-corrected chi connectivity index (χ4v) is 1.06. The van der Waals surface area contributed by atoms with Gasteiger partial charge in [0.05, 0.1) is 6.89 Å². The standard InChI is InChI=1S/C9H11N3/c1-11(2)9-7-8-5-3-4-6-12(8)10-9/h3-7H,1-2H3/i7D. The molecule has 3 heteroatoms. The van der Waals surface area contributed by atoms with Crippen molar-refractivity contribution in [3.05, 3.63) is 30.4 Å². The Labute approximate surface area is 72.6 Å². The number of fused-ring (bicyclic) bond motifs is 1. The highest BCUT2D eigenvalue weighted by molar-refractivity contribution is 5.55. The van der Waals surface area contributed by atoms with E-state index in [1.165, 1.54) is 0 Å². The van der Waals surface area contributed by atoms with E-state index < -0.39 is 0 Å². The van der Waals surface area contributed by atoms with E-state index in [4.69, 9.17) is 1.37 Å². The Morgan fingerprint density at radius 2 is 2.33 bits per heavy atom. The van der Waals surface area contributed by atoms with Crippen LogP contribution in [0.4, 0.5) is 5.82 Å². The van der Waals surface area contributed by atoms with Crippen molar-refractivity contribution in [2.75, 3.05) is 19.0 Å². The highest BCUT2D eigenvalue weighted by Gasteiger charge is 2.00. The SMILES string of the molecule is [2H]c1c(N(C)C)nn2ccccc12. The molecule has 0 aliphatic rings. The lowest BCUT2D eigenvalue weighted by Gasteiger charge is -2.05. The Hall–Kier alpha value is -1.51. The van der Waals surface area contributed by atoms with Crippen LogP contribution in [-0.4, -0.2) is 23.7 Å². The summed E-state index contributed by atoms with van der Waals surface area (Å²) in [7, 11) is 3.78. The molecule has 0 saturated heterocycles. The average Bonchev–Trinajstić information content (AvgIpc) is 2.45. The first-order valence-electron chi connectivity index (χ1n) is 4.31. The van der Waals surface area contributed by atoms with Crippen LogP contribution in [0.1, 0.15) is 1.37 Å². The highest BCUT2D eigenvalue weighted by atomic mass is 15.3. The van der Waals surface area contributed by atoms with Gasteiger partial charge in [-0.25, -0.2) is 4.52 Å². The summed E-state index contributed by atoms with van der Waals surface area (Å²) in [4.78, 5) is 1.84. The molecule has 3 nitrogen and oxygen atoms in total. The monoisotopic (exact) mass is 162 g/mol. The molecule has 0 spiro atoms. The maximum absolute atomic E-state index is 7.82. The predicted molar refractivity (Wildman–Crippen MR) is 49.5 cm³/mol. The largest absolute Gasteiger partial charge is 0.361 e. The lowest BCUT2D eigenvalue weighted by Crippen LogP contribution is -2.08. The van der Waals surface area contributed by atoms with Gasteiger partial charge < -0.3 is 4.90 Å². The number of pyridine rings is 1. The summed E-state index contributed by atoms with van der Waals surface area (Å²) in [6.45, 7) is 0. The van der Waals surface area contributed by atoms with Gasteiger partial charge in [0.15, 0.2) is 5.82 Å². The van der Waals surface area contributed by atoms with E-state index in [9.17, 15) is 0 Å². The van der Waals surface area contributed by atoms with Crippen LogP contribution in [-0.2, 0) is 0 Å². The summed E-state index contributed by atoms with van der Waals surface area (Å²) >= 11 is 0. The first-order chi connectivity index (χ1) is 6.20. The molecule has 2 aromatic heterocycles. The van der Waals surface area contributed by atoms with E-state index >= 15 is 0 Å². The molecule has 0 saturated carbocycles. The number of nitrogens with zero attached hydrogens (tertiary/aromatic N) is 3. The van der Waals surface area contributed by atoms with Crippen molar-refractivity contribution < 1.29 is 1.37 Å². The topological polar surface area (TPSA) is 20.5 Å². The Balaban J connectivity index is 2.74. The van der Waals surface area contributed by atoms with Crippen LogP contribution < -0.4 is 4.90 Å². The Morgan fingerprint density at radius 3 is 3.00 bits per heavy atom. The van der Waals surface area contributed by atoms with Gasteiger partial charge in [-0.2, -0.15) is 5.10 Å². The van der Waals surface area contributed by atoms with Gasteiger partial charge in [-0.05, 0) is 12.1 Å². The van der Waals surface area contributed by atoms with E-state index in [1.54, 1.807) is 4.52 Å². The highest BCUT2D eigenvalue weighted by Crippen LogP contribution is 2.11. The minimum Gasteiger partial charge on any atom is -0.361 e. The van der Waals surface area contributed by atoms with E-state index in [1.807, 2.05) is 43.4 Å². The number of rotatable bonds is 1. The Morgan fingerprint density at radius 1 is 1.50 bits per heavy atom. The van der Waals surface area contributed by atoms with Crippen LogP contribution in [0.25, 0.3) is 5.52 Å². The Kier molecular flexibility index (Phi) is 1.27. The van der Waals surface area contributed by atoms with Crippen molar-refractivity contribution in [1.29, 1.82) is 0 Å². The van der Waals surface area contributed by atoms with Gasteiger partial charge in [0.25, 0.3) is 0 Å². The molecule has 0 unspecified atom stereocenters. The minimum atomic E-state index is 0.477. The quantitative estimate of drug-likeness (QED) is 0.631. The molecule has 12 heavy (non-hydrogen) atoms. The molecule has 0 amide bonds. The van der Waals surface area contributed by atoms with Crippen molar-refractivity contribution >= 4 is 11.3 Å². The van der Waals surface area contributed by atoms with Crippen LogP contribution in [0, 0.1) is 0 Å². The molecular formula is C9H11N3. The van der Waals surface area contributed by atoms with E-state index in [-0.39, 0.29) is 0 Å². The smallest absolute Gasteiger partial charge is 0.151 e. The van der Waals surface area contributed by atoms with Crippen molar-refractivity contribution in [3.8, 4) is 0 Å². The molecule has 0 atom stereocenters. The molecule has 0 N–H and O–H groups in total. The third kappa shape index (κ3) is 1.03. The molecule has 0 aliphatic heterocycles. The first-order valence-corrected chi connectivity index (χ1v) is 3.81. The van der Waals surface area contributed by atoms with Crippen LogP contribution in [0.15, 0.2) is 30.4 Å². The van der Waals surface area contributed by atoms with Crippen molar-refractivity contribution in [1.82, 2.24) is 9.61 Å². The first kappa shape index (κ1) is 6.06. The molecule has 0 aromatic carbocycles. The van der Waals surface area contributed by atoms with E-state index in [0.717, 1.165) is 5.52 Å². The minimum absolute atomic E-state index is 0.477. The Bertz CT molecular complexity index is 433. The molecule has 2 rings (SSSR count). The molecule has 2 aromatic rings. The normalized spacial score (nSPS) is 11.7. The predicted octanol–water partition coefficient (Wildman–Crippen LogP) is 1.40. The van der Waals surface area contributed by atoms with E-state index in [0.29, 0.717) is 11.9 Å². The molecule has 0 bridgehead atoms. The van der Waals surface area contributed by atoms with Gasteiger partial charge in [-0.3, -0.25) is 0 Å². The molecule has 0 fully saturated rings. The summed E-state index contributed by atoms with van der Waals surface area (Å²) in [5.74, 6) is 0.700. The zero-order valence-corrected chi connectivity index (χ0v) is 7.15. The third-order valence-electron chi connectivity index (χ3n) is 1.71. The zero-order valence-electron chi connectivity index (χ0n) is 8.15. The van der Waals surface area contributed by atoms with Crippen molar-refractivity contribution in [2.24, 2.45) is 0 Å². The van der Waals surface area contributed by atoms with Gasteiger partial charge in [0, 0.05) is 26.3 Å². The maximum Gasteiger partial charge on any atom is 0.151 e. The van der Waals surface area contributed by atoms with Gasteiger partial charge in [0.2, 0.25) is 0 Å². The summed E-state index contributed by atoms with van der Waals surface area (Å²) in [6.07, 6.45) is 1.85. The lowest BCUT2D eigenvalue weighted by molar-refractivity contribution is 0.930. The van der Waals surface area contributed by atoms with Crippen LogP contribution in [0.2, 0.25) is 0 Å². The van der Waals surface area contributed by atoms with Crippen molar-refractivity contribution in [2.45, 2.75) is 0 Å². The molecular weight excluding hydrogens is 150 g/mol. The van der Waals surface area contributed by atoms with Gasteiger partial charge >= 0.3 is 0 Å². The molecule has 0 radical (unpaired) electrons. The van der Waals surface area contributed by atoms with Crippen molar-refractivity contribution in [3.63, 3.8) is 0 Å². The van der Waals surface area contributed by atoms with Gasteiger partial charge in [-0.1, -0.05) is 6.07 Å². The summed E-state index contributed by atoms with van der Waals surface area (Å²) in [5, 5.41) is 4.27. The second-order valence-corrected chi connectivity index (χ2v) is 2.87. The number of anilines is 1. The summed E-state index contributed by atoms with van der Waals surface area (Å²) in [5.41, 5.74) is 0.839. The average molecular weight is 162 g/mol. The fraction of sp³-hybridized carbons (Fsp3) is 0.222. The van der Waals surface area contributed by atoms with Gasteiger partial charge in [0.1, 0.15) is 0 Å². The summed E-state index contributed by atoms with van der Waals surface area (Å²) < 4.78 is 9.54. The van der Waals surface area contributed by atoms with Crippen LogP contribution in [0.3, 0.4) is 0 Å². The zero-order chi connectivity index (χ0) is 9.42. The number of hydrogen-bond donors (Lipinski definition) is 0. The van der Waals surface area contributed by atoms with Gasteiger partial charge in [-0.15, -0.1) is 0 Å². The number of hydrogen-bond acceptors (Lipinski definition) is 2. The number of aromatic nitrogens is 2. The van der Waals surface area contributed by atoms with Crippen LogP contribution >= 0.6 is 0 Å². The third-order valence-corrected chi connectivity index (χ3v) is 1.71. The second-order valence-electron chi connectivity index (χ2n) is 2.87. The molecule has 62 valence electrons. The van der Waals surface area contributed by atoms with E-state index in [2.05, 4.69) is 5.10 Å². The van der Waals surface area contributed by atoms with Crippen LogP contribution in [0.5, 0.6) is 0 Å². The molecule has 0 aliphatic carbocycles. The summed E-state index contributed by atoms with van der Waals surface area (Å²) in [6, 6.07) is 6.18. The second kappa shape index (κ2) is 2.52.